The lowest BCUT2D eigenvalue weighted by atomic mass is 9.95. The van der Waals surface area contributed by atoms with Crippen LogP contribution in [0, 0.1) is 11.8 Å². The molecule has 1 aliphatic rings. The van der Waals surface area contributed by atoms with Crippen LogP contribution in [0.2, 0.25) is 0 Å². The van der Waals surface area contributed by atoms with Crippen LogP contribution in [-0.4, -0.2) is 29.5 Å². The average Bonchev–Trinajstić information content (AvgIpc) is 2.76. The van der Waals surface area contributed by atoms with Crippen molar-refractivity contribution in [2.75, 3.05) is 19.6 Å². The van der Waals surface area contributed by atoms with Crippen LogP contribution in [0.15, 0.2) is 24.4 Å². The summed E-state index contributed by atoms with van der Waals surface area (Å²) >= 11 is 0. The molecule has 88 valence electrons. The van der Waals surface area contributed by atoms with Gasteiger partial charge in [-0.3, -0.25) is 4.98 Å². The van der Waals surface area contributed by atoms with Gasteiger partial charge in [-0.05, 0) is 36.9 Å². The summed E-state index contributed by atoms with van der Waals surface area (Å²) in [6.07, 6.45) is 4.35. The lowest BCUT2D eigenvalue weighted by Crippen LogP contribution is -2.24. The van der Waals surface area contributed by atoms with Gasteiger partial charge in [-0.1, -0.05) is 19.9 Å². The molecule has 1 aromatic heterocycles. The predicted octanol–water partition coefficient (Wildman–Crippen LogP) is 2.60. The van der Waals surface area contributed by atoms with Crippen molar-refractivity contribution in [2.45, 2.75) is 26.7 Å². The molecule has 2 heteroatoms. The van der Waals surface area contributed by atoms with E-state index in [0.29, 0.717) is 0 Å². The third kappa shape index (κ3) is 3.05. The Morgan fingerprint density at radius 2 is 2.31 bits per heavy atom. The lowest BCUT2D eigenvalue weighted by molar-refractivity contribution is 0.306. The molecule has 1 saturated heterocycles. The molecule has 0 bridgehead atoms. The van der Waals surface area contributed by atoms with E-state index in [-0.39, 0.29) is 0 Å². The van der Waals surface area contributed by atoms with Gasteiger partial charge in [-0.15, -0.1) is 0 Å². The minimum atomic E-state index is 0.833. The molecule has 1 aromatic rings. The van der Waals surface area contributed by atoms with E-state index < -0.39 is 0 Å². The molecule has 1 fully saturated rings. The summed E-state index contributed by atoms with van der Waals surface area (Å²) in [6.45, 7) is 8.40. The van der Waals surface area contributed by atoms with Gasteiger partial charge in [0.2, 0.25) is 0 Å². The van der Waals surface area contributed by atoms with Crippen molar-refractivity contribution in [2.24, 2.45) is 11.8 Å². The van der Waals surface area contributed by atoms with E-state index in [1.54, 1.807) is 0 Å². The average molecular weight is 218 g/mol. The van der Waals surface area contributed by atoms with E-state index in [1.165, 1.54) is 31.7 Å². The van der Waals surface area contributed by atoms with E-state index in [4.69, 9.17) is 0 Å². The highest BCUT2D eigenvalue weighted by molar-refractivity contribution is 5.03. The highest BCUT2D eigenvalue weighted by Gasteiger charge is 2.24. The zero-order valence-electron chi connectivity index (χ0n) is 10.4. The van der Waals surface area contributed by atoms with Gasteiger partial charge in [0.25, 0.3) is 0 Å². The van der Waals surface area contributed by atoms with E-state index in [2.05, 4.69) is 35.9 Å². The summed E-state index contributed by atoms with van der Waals surface area (Å²) in [5, 5.41) is 0. The van der Waals surface area contributed by atoms with E-state index in [0.717, 1.165) is 18.3 Å². The Bertz CT molecular complexity index is 308. The summed E-state index contributed by atoms with van der Waals surface area (Å²) in [7, 11) is 0. The number of likely N-dealkylation sites (tertiary alicyclic amines) is 1. The van der Waals surface area contributed by atoms with Gasteiger partial charge >= 0.3 is 0 Å². The normalized spacial score (nSPS) is 21.8. The number of rotatable bonds is 4. The first-order valence-corrected chi connectivity index (χ1v) is 6.38. The number of hydrogen-bond acceptors (Lipinski definition) is 2. The topological polar surface area (TPSA) is 16.1 Å². The number of hydrogen-bond donors (Lipinski definition) is 0. The molecule has 2 nitrogen and oxygen atoms in total. The quantitative estimate of drug-likeness (QED) is 0.772. The smallest absolute Gasteiger partial charge is 0.0416 e. The van der Waals surface area contributed by atoms with E-state index in [1.807, 2.05) is 12.3 Å². The first kappa shape index (κ1) is 11.6. The van der Waals surface area contributed by atoms with Crippen LogP contribution in [0.25, 0.3) is 0 Å². The van der Waals surface area contributed by atoms with Gasteiger partial charge in [0.15, 0.2) is 0 Å². The number of aromatic nitrogens is 1. The first-order chi connectivity index (χ1) is 7.75. The molecule has 16 heavy (non-hydrogen) atoms. The minimum Gasteiger partial charge on any atom is -0.303 e. The fourth-order valence-corrected chi connectivity index (χ4v) is 2.43. The Balaban J connectivity index is 1.76. The van der Waals surface area contributed by atoms with Crippen LogP contribution in [-0.2, 0) is 6.42 Å². The molecular weight excluding hydrogens is 196 g/mol. The molecule has 1 aliphatic heterocycles. The van der Waals surface area contributed by atoms with Crippen molar-refractivity contribution in [3.63, 3.8) is 0 Å². The third-order valence-corrected chi connectivity index (χ3v) is 3.66. The molecule has 2 rings (SSSR count). The Kier molecular flexibility index (Phi) is 3.94. The van der Waals surface area contributed by atoms with Gasteiger partial charge in [0.05, 0.1) is 0 Å². The largest absolute Gasteiger partial charge is 0.303 e. The maximum atomic E-state index is 4.37. The molecule has 0 saturated carbocycles. The Labute approximate surface area is 98.7 Å². The Morgan fingerprint density at radius 1 is 1.44 bits per heavy atom. The minimum absolute atomic E-state index is 0.833. The van der Waals surface area contributed by atoms with Crippen LogP contribution in [0.5, 0.6) is 0 Å². The second kappa shape index (κ2) is 5.44. The fourth-order valence-electron chi connectivity index (χ4n) is 2.43. The number of pyridine rings is 1. The van der Waals surface area contributed by atoms with Crippen molar-refractivity contribution < 1.29 is 0 Å². The molecular formula is C14H22N2. The summed E-state index contributed by atoms with van der Waals surface area (Å²) < 4.78 is 0. The molecule has 0 aromatic carbocycles. The third-order valence-electron chi connectivity index (χ3n) is 3.66. The SMILES string of the molecule is CC(C)C1CCN(CCc2ccccn2)C1. The highest BCUT2D eigenvalue weighted by Crippen LogP contribution is 2.23. The molecule has 0 amide bonds. The monoisotopic (exact) mass is 218 g/mol. The van der Waals surface area contributed by atoms with Crippen molar-refractivity contribution in [1.29, 1.82) is 0 Å². The van der Waals surface area contributed by atoms with Gasteiger partial charge in [0.1, 0.15) is 0 Å². The standard InChI is InChI=1S/C14H22N2/c1-12(2)13-6-9-16(11-13)10-7-14-5-3-4-8-15-14/h3-5,8,12-13H,6-7,9-11H2,1-2H3. The Morgan fingerprint density at radius 3 is 2.94 bits per heavy atom. The second-order valence-electron chi connectivity index (χ2n) is 5.16. The molecule has 0 N–H and O–H groups in total. The van der Waals surface area contributed by atoms with Crippen LogP contribution in [0.4, 0.5) is 0 Å². The molecule has 0 aliphatic carbocycles. The molecule has 0 radical (unpaired) electrons. The summed E-state index contributed by atoms with van der Waals surface area (Å²) in [5.74, 6) is 1.74. The number of nitrogens with zero attached hydrogens (tertiary/aromatic N) is 2. The summed E-state index contributed by atoms with van der Waals surface area (Å²) in [5.41, 5.74) is 1.22. The highest BCUT2D eigenvalue weighted by atomic mass is 15.1. The van der Waals surface area contributed by atoms with Crippen molar-refractivity contribution in [3.8, 4) is 0 Å². The lowest BCUT2D eigenvalue weighted by Gasteiger charge is -2.17. The zero-order chi connectivity index (χ0) is 11.4. The maximum Gasteiger partial charge on any atom is 0.0416 e. The molecule has 0 spiro atoms. The second-order valence-corrected chi connectivity index (χ2v) is 5.16. The van der Waals surface area contributed by atoms with E-state index >= 15 is 0 Å². The molecule has 1 unspecified atom stereocenters. The van der Waals surface area contributed by atoms with Crippen molar-refractivity contribution in [3.05, 3.63) is 30.1 Å². The van der Waals surface area contributed by atoms with Gasteiger partial charge < -0.3 is 4.90 Å². The van der Waals surface area contributed by atoms with Crippen molar-refractivity contribution >= 4 is 0 Å². The van der Waals surface area contributed by atoms with Crippen LogP contribution < -0.4 is 0 Å². The predicted molar refractivity (Wildman–Crippen MR) is 67.3 cm³/mol. The van der Waals surface area contributed by atoms with Gasteiger partial charge in [-0.2, -0.15) is 0 Å². The zero-order valence-corrected chi connectivity index (χ0v) is 10.4. The van der Waals surface area contributed by atoms with Gasteiger partial charge in [0, 0.05) is 31.4 Å². The van der Waals surface area contributed by atoms with Crippen LogP contribution >= 0.6 is 0 Å². The van der Waals surface area contributed by atoms with Crippen LogP contribution in [0.1, 0.15) is 26.0 Å². The van der Waals surface area contributed by atoms with Crippen molar-refractivity contribution in [1.82, 2.24) is 9.88 Å². The Hall–Kier alpha value is -0.890. The summed E-state index contributed by atoms with van der Waals surface area (Å²) in [4.78, 5) is 6.95. The summed E-state index contributed by atoms with van der Waals surface area (Å²) in [6, 6.07) is 6.17. The molecule has 2 heterocycles. The fraction of sp³-hybridized carbons (Fsp3) is 0.643. The van der Waals surface area contributed by atoms with E-state index in [9.17, 15) is 0 Å². The first-order valence-electron chi connectivity index (χ1n) is 6.38. The van der Waals surface area contributed by atoms with Gasteiger partial charge in [-0.25, -0.2) is 0 Å². The van der Waals surface area contributed by atoms with Crippen LogP contribution in [0.3, 0.4) is 0 Å². The molecule has 1 atom stereocenters. The maximum absolute atomic E-state index is 4.37.